The Morgan fingerprint density at radius 2 is 1.29 bits per heavy atom. The molecule has 0 radical (unpaired) electrons. The average Bonchev–Trinajstić information content (AvgIpc) is 3.63. The summed E-state index contributed by atoms with van der Waals surface area (Å²) in [6.45, 7) is 1.44. The van der Waals surface area contributed by atoms with Crippen LogP contribution >= 0.6 is 11.6 Å². The molecule has 0 spiro atoms. The largest absolute Gasteiger partial charge is 0.494 e. The molecule has 2 aromatic carbocycles. The highest BCUT2D eigenvalue weighted by Crippen LogP contribution is 2.36. The van der Waals surface area contributed by atoms with Gasteiger partial charge in [-0.1, -0.05) is 49.9 Å². The predicted octanol–water partition coefficient (Wildman–Crippen LogP) is 5.52. The van der Waals surface area contributed by atoms with Gasteiger partial charge in [-0.15, -0.1) is 11.6 Å². The Morgan fingerprint density at radius 3 is 1.68 bits per heavy atom. The molecular weight excluding hydrogens is 372 g/mol. The van der Waals surface area contributed by atoms with Gasteiger partial charge in [-0.25, -0.2) is 0 Å². The number of alkyl halides is 1. The highest BCUT2D eigenvalue weighted by molar-refractivity contribution is 6.18. The zero-order chi connectivity index (χ0) is 19.4. The Morgan fingerprint density at radius 1 is 0.821 bits per heavy atom. The van der Waals surface area contributed by atoms with Gasteiger partial charge in [0.1, 0.15) is 17.1 Å². The number of hydrogen-bond donors (Lipinski definition) is 1. The minimum atomic E-state index is -1.28. The van der Waals surface area contributed by atoms with Crippen molar-refractivity contribution in [3.05, 3.63) is 59.7 Å². The van der Waals surface area contributed by atoms with Gasteiger partial charge in [0.2, 0.25) is 0 Å². The van der Waals surface area contributed by atoms with E-state index >= 15 is 0 Å². The topological polar surface area (TPSA) is 38.7 Å². The lowest BCUT2D eigenvalue weighted by atomic mass is 9.88. The van der Waals surface area contributed by atoms with Crippen molar-refractivity contribution in [2.75, 3.05) is 19.1 Å². The molecule has 0 atom stereocenters. The summed E-state index contributed by atoms with van der Waals surface area (Å²) in [6, 6.07) is 15.3. The number of aliphatic hydroxyl groups is 1. The Balaban J connectivity index is 1.47. The third kappa shape index (κ3) is 5.01. The lowest BCUT2D eigenvalue weighted by Gasteiger charge is -2.28. The lowest BCUT2D eigenvalue weighted by molar-refractivity contribution is 0.105. The van der Waals surface area contributed by atoms with Crippen LogP contribution in [0.1, 0.15) is 49.7 Å². The first-order chi connectivity index (χ1) is 13.7. The fourth-order valence-electron chi connectivity index (χ4n) is 3.51. The second kappa shape index (κ2) is 8.75. The Kier molecular flexibility index (Phi) is 6.13. The molecule has 4 rings (SSSR count). The minimum Gasteiger partial charge on any atom is -0.494 e. The predicted molar refractivity (Wildman–Crippen MR) is 112 cm³/mol. The second-order valence-corrected chi connectivity index (χ2v) is 8.48. The van der Waals surface area contributed by atoms with Gasteiger partial charge in [0.05, 0.1) is 19.1 Å². The highest BCUT2D eigenvalue weighted by Gasteiger charge is 2.31. The lowest BCUT2D eigenvalue weighted by Crippen LogP contribution is -2.29. The fraction of sp³-hybridized carbons (Fsp3) is 0.500. The first-order valence-electron chi connectivity index (χ1n) is 10.4. The molecule has 0 aliphatic heterocycles. The average molecular weight is 401 g/mol. The number of benzene rings is 2. The Labute approximate surface area is 172 Å². The van der Waals surface area contributed by atoms with Crippen LogP contribution in [0.15, 0.2) is 48.5 Å². The molecule has 2 aliphatic carbocycles. The van der Waals surface area contributed by atoms with Crippen molar-refractivity contribution in [1.82, 2.24) is 0 Å². The molecule has 2 saturated carbocycles. The van der Waals surface area contributed by atoms with Crippen LogP contribution in [0.25, 0.3) is 0 Å². The van der Waals surface area contributed by atoms with Crippen molar-refractivity contribution in [1.29, 1.82) is 0 Å². The smallest absolute Gasteiger partial charge is 0.128 e. The van der Waals surface area contributed by atoms with Crippen LogP contribution in [0, 0.1) is 11.8 Å². The number of halogens is 1. The van der Waals surface area contributed by atoms with Crippen molar-refractivity contribution in [3.8, 4) is 11.5 Å². The summed E-state index contributed by atoms with van der Waals surface area (Å²) in [5, 5.41) is 11.4. The van der Waals surface area contributed by atoms with Crippen LogP contribution in [0.5, 0.6) is 11.5 Å². The van der Waals surface area contributed by atoms with E-state index in [9.17, 15) is 5.11 Å². The molecule has 28 heavy (non-hydrogen) atoms. The van der Waals surface area contributed by atoms with Gasteiger partial charge in [-0.2, -0.15) is 0 Å². The van der Waals surface area contributed by atoms with Gasteiger partial charge in [0, 0.05) is 0 Å². The Bertz CT molecular complexity index is 721. The zero-order valence-corrected chi connectivity index (χ0v) is 17.0. The molecule has 2 aliphatic rings. The van der Waals surface area contributed by atoms with E-state index in [1.165, 1.54) is 25.7 Å². The molecule has 3 nitrogen and oxygen atoms in total. The van der Waals surface area contributed by atoms with Crippen molar-refractivity contribution in [2.45, 2.75) is 44.1 Å². The first kappa shape index (κ1) is 19.6. The molecule has 2 aromatic rings. The van der Waals surface area contributed by atoms with E-state index in [1.54, 1.807) is 0 Å². The van der Waals surface area contributed by atoms with Crippen molar-refractivity contribution >= 4 is 11.6 Å². The molecule has 0 aromatic heterocycles. The van der Waals surface area contributed by atoms with Crippen molar-refractivity contribution in [3.63, 3.8) is 0 Å². The highest BCUT2D eigenvalue weighted by atomic mass is 35.5. The van der Waals surface area contributed by atoms with Crippen LogP contribution in [0.4, 0.5) is 0 Å². The van der Waals surface area contributed by atoms with Gasteiger partial charge >= 0.3 is 0 Å². The van der Waals surface area contributed by atoms with Crippen LogP contribution in [-0.2, 0) is 5.60 Å². The van der Waals surface area contributed by atoms with E-state index in [-0.39, 0.29) is 5.88 Å². The van der Waals surface area contributed by atoms with Gasteiger partial charge in [-0.05, 0) is 60.1 Å². The molecule has 4 heteroatoms. The maximum absolute atomic E-state index is 11.4. The van der Waals surface area contributed by atoms with E-state index < -0.39 is 5.60 Å². The molecule has 150 valence electrons. The van der Waals surface area contributed by atoms with E-state index in [0.29, 0.717) is 0 Å². The minimum absolute atomic E-state index is 0.0596. The SMILES string of the molecule is OC(CCl)(c1cccc(OCCC2CC2)c1)c1cccc(OCCC2CC2)c1. The molecule has 0 bridgehead atoms. The van der Waals surface area contributed by atoms with E-state index in [4.69, 9.17) is 21.1 Å². The molecular formula is C24H29ClO3. The van der Waals surface area contributed by atoms with Crippen molar-refractivity contribution < 1.29 is 14.6 Å². The summed E-state index contributed by atoms with van der Waals surface area (Å²) < 4.78 is 11.8. The number of ether oxygens (including phenoxy) is 2. The normalized spacial score (nSPS) is 16.8. The number of hydrogen-bond acceptors (Lipinski definition) is 3. The van der Waals surface area contributed by atoms with Crippen molar-refractivity contribution in [2.24, 2.45) is 11.8 Å². The van der Waals surface area contributed by atoms with E-state index in [2.05, 4.69) is 0 Å². The van der Waals surface area contributed by atoms with Gasteiger partial charge in [0.15, 0.2) is 0 Å². The summed E-state index contributed by atoms with van der Waals surface area (Å²) in [5.41, 5.74) is 0.191. The molecule has 2 fully saturated rings. The first-order valence-corrected chi connectivity index (χ1v) is 11.0. The monoisotopic (exact) mass is 400 g/mol. The second-order valence-electron chi connectivity index (χ2n) is 8.21. The van der Waals surface area contributed by atoms with Crippen LogP contribution in [0.3, 0.4) is 0 Å². The summed E-state index contributed by atoms with van der Waals surface area (Å²) in [4.78, 5) is 0. The van der Waals surface area contributed by atoms with E-state index in [1.807, 2.05) is 48.5 Å². The third-order valence-electron chi connectivity index (χ3n) is 5.80. The molecule has 0 heterocycles. The third-order valence-corrected chi connectivity index (χ3v) is 6.19. The fourth-order valence-corrected chi connectivity index (χ4v) is 3.82. The maximum atomic E-state index is 11.4. The van der Waals surface area contributed by atoms with Crippen LogP contribution in [0.2, 0.25) is 0 Å². The zero-order valence-electron chi connectivity index (χ0n) is 16.3. The van der Waals surface area contributed by atoms with Gasteiger partial charge in [-0.3, -0.25) is 0 Å². The van der Waals surface area contributed by atoms with Crippen LogP contribution < -0.4 is 9.47 Å². The molecule has 1 N–H and O–H groups in total. The Hall–Kier alpha value is -1.71. The summed E-state index contributed by atoms with van der Waals surface area (Å²) in [6.07, 6.45) is 7.51. The quantitative estimate of drug-likeness (QED) is 0.505. The summed E-state index contributed by atoms with van der Waals surface area (Å²) in [7, 11) is 0. The molecule has 0 unspecified atom stereocenters. The standard InChI is InChI=1S/C24H29ClO3/c25-17-24(26,20-3-1-5-22(15-20)27-13-11-18-7-8-18)21-4-2-6-23(16-21)28-14-12-19-9-10-19/h1-6,15-16,18-19,26H,7-14,17H2. The van der Waals surface area contributed by atoms with Gasteiger partial charge in [0.25, 0.3) is 0 Å². The molecule has 0 amide bonds. The maximum Gasteiger partial charge on any atom is 0.128 e. The summed E-state index contributed by atoms with van der Waals surface area (Å²) in [5.74, 6) is 3.29. The van der Waals surface area contributed by atoms with Crippen LogP contribution in [-0.4, -0.2) is 24.2 Å². The molecule has 0 saturated heterocycles. The summed E-state index contributed by atoms with van der Waals surface area (Å²) >= 11 is 6.26. The van der Waals surface area contributed by atoms with E-state index in [0.717, 1.165) is 60.5 Å². The van der Waals surface area contributed by atoms with Gasteiger partial charge < -0.3 is 14.6 Å². The number of rotatable bonds is 11.